The van der Waals surface area contributed by atoms with Crippen molar-refractivity contribution in [3.05, 3.63) is 22.8 Å². The first-order chi connectivity index (χ1) is 9.84. The Hall–Kier alpha value is -1.63. The van der Waals surface area contributed by atoms with E-state index in [9.17, 15) is 13.6 Å². The molecule has 1 N–H and O–H groups in total. The number of amides is 1. The Morgan fingerprint density at radius 3 is 2.71 bits per heavy atom. The Bertz CT molecular complexity index is 579. The molecule has 2 aliphatic heterocycles. The Morgan fingerprint density at radius 2 is 2.14 bits per heavy atom. The van der Waals surface area contributed by atoms with Crippen molar-refractivity contribution in [2.45, 2.75) is 18.3 Å². The van der Waals surface area contributed by atoms with Gasteiger partial charge in [-0.1, -0.05) is 11.6 Å². The van der Waals surface area contributed by atoms with Crippen molar-refractivity contribution in [2.24, 2.45) is 0 Å². The minimum absolute atomic E-state index is 0.0449. The summed E-state index contributed by atoms with van der Waals surface area (Å²) in [5.41, 5.74) is 0.845. The molecule has 3 rings (SSSR count). The van der Waals surface area contributed by atoms with Gasteiger partial charge in [0, 0.05) is 32.0 Å². The fourth-order valence-corrected chi connectivity index (χ4v) is 2.89. The number of hydrogen-bond acceptors (Lipinski definition) is 3. The minimum Gasteiger partial charge on any atom is -0.465 e. The number of hydrogen-bond donors (Lipinski definition) is 1. The number of halogens is 3. The molecule has 1 aromatic heterocycles. The van der Waals surface area contributed by atoms with Crippen LogP contribution < -0.4 is 4.90 Å². The van der Waals surface area contributed by atoms with Gasteiger partial charge in [-0.15, -0.1) is 0 Å². The maximum Gasteiger partial charge on any atom is 0.407 e. The summed E-state index contributed by atoms with van der Waals surface area (Å²) in [5.74, 6) is -2.22. The number of anilines is 1. The number of carbonyl (C=O) groups is 1. The van der Waals surface area contributed by atoms with Gasteiger partial charge in [0.2, 0.25) is 0 Å². The summed E-state index contributed by atoms with van der Waals surface area (Å²) in [6, 6.07) is 3.40. The Labute approximate surface area is 125 Å². The van der Waals surface area contributed by atoms with E-state index < -0.39 is 12.0 Å². The topological polar surface area (TPSA) is 56.7 Å². The van der Waals surface area contributed by atoms with Gasteiger partial charge in [0.05, 0.1) is 6.54 Å². The molecule has 3 heterocycles. The first kappa shape index (κ1) is 14.3. The Balaban J connectivity index is 1.77. The van der Waals surface area contributed by atoms with Crippen molar-refractivity contribution in [2.75, 3.05) is 31.1 Å². The molecule has 0 spiro atoms. The standard InChI is InChI=1S/C13H14ClF2N3O2/c14-10-3-8(9-5-19(6-9)12(20)21)4-11(17-10)18-2-1-13(15,16)7-18/h3-4,9H,1-2,5-7H2,(H,20,21). The number of nitrogens with zero attached hydrogens (tertiary/aromatic N) is 3. The zero-order valence-electron chi connectivity index (χ0n) is 11.1. The van der Waals surface area contributed by atoms with E-state index in [1.807, 2.05) is 0 Å². The normalized spacial score (nSPS) is 21.5. The number of pyridine rings is 1. The van der Waals surface area contributed by atoms with Crippen LogP contribution in [0, 0.1) is 0 Å². The Morgan fingerprint density at radius 1 is 1.43 bits per heavy atom. The molecule has 0 aliphatic carbocycles. The lowest BCUT2D eigenvalue weighted by Gasteiger charge is -2.37. The highest BCUT2D eigenvalue weighted by Crippen LogP contribution is 2.34. The molecule has 2 fully saturated rings. The van der Waals surface area contributed by atoms with Gasteiger partial charge in [0.15, 0.2) is 0 Å². The molecular formula is C13H14ClF2N3O2. The molecule has 2 saturated heterocycles. The third-order valence-corrected chi connectivity index (χ3v) is 4.11. The largest absolute Gasteiger partial charge is 0.465 e. The van der Waals surface area contributed by atoms with Crippen LogP contribution in [0.1, 0.15) is 17.9 Å². The van der Waals surface area contributed by atoms with Crippen LogP contribution in [-0.4, -0.2) is 53.2 Å². The number of rotatable bonds is 2. The number of alkyl halides is 2. The van der Waals surface area contributed by atoms with E-state index in [2.05, 4.69) is 4.98 Å². The SMILES string of the molecule is O=C(O)N1CC(c2cc(Cl)nc(N3CCC(F)(F)C3)c2)C1. The van der Waals surface area contributed by atoms with Gasteiger partial charge in [-0.25, -0.2) is 18.6 Å². The summed E-state index contributed by atoms with van der Waals surface area (Å²) in [4.78, 5) is 17.7. The summed E-state index contributed by atoms with van der Waals surface area (Å²) in [5, 5.41) is 9.08. The third-order valence-electron chi connectivity index (χ3n) is 3.92. The lowest BCUT2D eigenvalue weighted by molar-refractivity contribution is 0.0256. The van der Waals surface area contributed by atoms with E-state index in [1.54, 1.807) is 12.1 Å². The van der Waals surface area contributed by atoms with Gasteiger partial charge in [-0.3, -0.25) is 0 Å². The van der Waals surface area contributed by atoms with Gasteiger partial charge >= 0.3 is 6.09 Å². The molecule has 5 nitrogen and oxygen atoms in total. The fraction of sp³-hybridized carbons (Fsp3) is 0.538. The van der Waals surface area contributed by atoms with Crippen LogP contribution in [-0.2, 0) is 0 Å². The second kappa shape index (κ2) is 4.98. The van der Waals surface area contributed by atoms with Crippen molar-refractivity contribution in [3.8, 4) is 0 Å². The van der Waals surface area contributed by atoms with Crippen molar-refractivity contribution < 1.29 is 18.7 Å². The lowest BCUT2D eigenvalue weighted by atomic mass is 9.92. The van der Waals surface area contributed by atoms with E-state index in [-0.39, 0.29) is 30.6 Å². The second-order valence-corrected chi connectivity index (χ2v) is 5.88. The molecule has 0 saturated carbocycles. The van der Waals surface area contributed by atoms with E-state index in [1.165, 1.54) is 9.80 Å². The first-order valence-electron chi connectivity index (χ1n) is 6.62. The first-order valence-corrected chi connectivity index (χ1v) is 7.00. The van der Waals surface area contributed by atoms with Gasteiger partial charge in [-0.2, -0.15) is 0 Å². The van der Waals surface area contributed by atoms with Crippen LogP contribution in [0.15, 0.2) is 12.1 Å². The monoisotopic (exact) mass is 317 g/mol. The highest BCUT2D eigenvalue weighted by Gasteiger charge is 2.39. The molecule has 114 valence electrons. The molecule has 0 radical (unpaired) electrons. The quantitative estimate of drug-likeness (QED) is 0.852. The predicted molar refractivity (Wildman–Crippen MR) is 73.4 cm³/mol. The van der Waals surface area contributed by atoms with Gasteiger partial charge in [-0.05, 0) is 17.7 Å². The average molecular weight is 318 g/mol. The van der Waals surface area contributed by atoms with Crippen molar-refractivity contribution in [1.82, 2.24) is 9.88 Å². The average Bonchev–Trinajstić information content (AvgIpc) is 2.66. The maximum atomic E-state index is 13.3. The number of aromatic nitrogens is 1. The number of carboxylic acid groups (broad SMARTS) is 1. The molecule has 0 atom stereocenters. The van der Waals surface area contributed by atoms with Gasteiger partial charge < -0.3 is 14.9 Å². The summed E-state index contributed by atoms with van der Waals surface area (Å²) >= 11 is 5.97. The zero-order chi connectivity index (χ0) is 15.2. The van der Waals surface area contributed by atoms with E-state index in [0.717, 1.165) is 5.56 Å². The third kappa shape index (κ3) is 2.88. The van der Waals surface area contributed by atoms with Gasteiger partial charge in [0.25, 0.3) is 5.92 Å². The Kier molecular flexibility index (Phi) is 3.39. The molecule has 2 aliphatic rings. The van der Waals surface area contributed by atoms with Crippen LogP contribution >= 0.6 is 11.6 Å². The zero-order valence-corrected chi connectivity index (χ0v) is 11.9. The van der Waals surface area contributed by atoms with E-state index in [4.69, 9.17) is 16.7 Å². The minimum atomic E-state index is -2.69. The summed E-state index contributed by atoms with van der Waals surface area (Å²) in [6.45, 7) is 0.675. The molecule has 0 unspecified atom stereocenters. The predicted octanol–water partition coefficient (Wildman–Crippen LogP) is 2.66. The van der Waals surface area contributed by atoms with Crippen LogP contribution in [0.2, 0.25) is 5.15 Å². The number of likely N-dealkylation sites (tertiary alicyclic amines) is 1. The molecule has 21 heavy (non-hydrogen) atoms. The second-order valence-electron chi connectivity index (χ2n) is 5.49. The summed E-state index contributed by atoms with van der Waals surface area (Å²) in [7, 11) is 0. The molecule has 0 aromatic carbocycles. The van der Waals surface area contributed by atoms with Crippen LogP contribution in [0.3, 0.4) is 0 Å². The smallest absolute Gasteiger partial charge is 0.407 e. The summed E-state index contributed by atoms with van der Waals surface area (Å²) < 4.78 is 26.6. The fourth-order valence-electron chi connectivity index (χ4n) is 2.68. The highest BCUT2D eigenvalue weighted by molar-refractivity contribution is 6.29. The van der Waals surface area contributed by atoms with Crippen molar-refractivity contribution in [3.63, 3.8) is 0 Å². The lowest BCUT2D eigenvalue weighted by Crippen LogP contribution is -2.47. The maximum absolute atomic E-state index is 13.3. The van der Waals surface area contributed by atoms with Gasteiger partial charge in [0.1, 0.15) is 11.0 Å². The summed E-state index contributed by atoms with van der Waals surface area (Å²) in [6.07, 6.45) is -1.14. The molecule has 1 aromatic rings. The van der Waals surface area contributed by atoms with Crippen molar-refractivity contribution >= 4 is 23.5 Å². The van der Waals surface area contributed by atoms with Crippen LogP contribution in [0.25, 0.3) is 0 Å². The molecule has 8 heteroatoms. The molecule has 1 amide bonds. The van der Waals surface area contributed by atoms with E-state index >= 15 is 0 Å². The van der Waals surface area contributed by atoms with Crippen LogP contribution in [0.5, 0.6) is 0 Å². The van der Waals surface area contributed by atoms with E-state index in [0.29, 0.717) is 18.9 Å². The molecule has 0 bridgehead atoms. The highest BCUT2D eigenvalue weighted by atomic mass is 35.5. The van der Waals surface area contributed by atoms with Crippen molar-refractivity contribution in [1.29, 1.82) is 0 Å². The van der Waals surface area contributed by atoms with Crippen LogP contribution in [0.4, 0.5) is 19.4 Å². The molecular weight excluding hydrogens is 304 g/mol.